The third-order valence-corrected chi connectivity index (χ3v) is 4.10. The number of fused-ring (bicyclic) bond motifs is 1. The van der Waals surface area contributed by atoms with E-state index >= 15 is 0 Å². The number of hydrazine groups is 1. The minimum Gasteiger partial charge on any atom is -0.481 e. The van der Waals surface area contributed by atoms with Gasteiger partial charge in [0.25, 0.3) is 11.8 Å². The molecule has 3 N–H and O–H groups in total. The second kappa shape index (κ2) is 7.40. The molecule has 2 aromatic carbocycles. The first-order valence-electron chi connectivity index (χ1n) is 7.63. The molecule has 6 nitrogen and oxygen atoms in total. The Kier molecular flexibility index (Phi) is 5.04. The Bertz CT molecular complexity index is 923. The molecule has 0 spiro atoms. The van der Waals surface area contributed by atoms with Gasteiger partial charge in [-0.05, 0) is 31.2 Å². The van der Waals surface area contributed by atoms with E-state index in [0.717, 1.165) is 15.4 Å². The summed E-state index contributed by atoms with van der Waals surface area (Å²) >= 11 is 3.34. The summed E-state index contributed by atoms with van der Waals surface area (Å²) < 4.78 is 6.40. The fraction of sp³-hybridized carbons (Fsp3) is 0.111. The van der Waals surface area contributed by atoms with Gasteiger partial charge in [-0.25, -0.2) is 0 Å². The van der Waals surface area contributed by atoms with Crippen LogP contribution in [0.15, 0.2) is 59.2 Å². The molecule has 3 rings (SSSR count). The number of rotatable bonds is 4. The van der Waals surface area contributed by atoms with Gasteiger partial charge in [0.05, 0.1) is 5.56 Å². The van der Waals surface area contributed by atoms with Crippen LogP contribution in [-0.4, -0.2) is 22.9 Å². The zero-order chi connectivity index (χ0) is 17.8. The molecule has 25 heavy (non-hydrogen) atoms. The number of aromatic amines is 1. The SMILES string of the molecule is CC(Oc1cccc(Br)c1)C(=O)NNC(=O)c1c[nH]c2ccccc12. The Morgan fingerprint density at radius 1 is 1.12 bits per heavy atom. The Balaban J connectivity index is 1.59. The van der Waals surface area contributed by atoms with Crippen molar-refractivity contribution in [3.05, 3.63) is 64.8 Å². The summed E-state index contributed by atoms with van der Waals surface area (Å²) in [6, 6.07) is 14.6. The number of amides is 2. The van der Waals surface area contributed by atoms with Crippen LogP contribution in [0.5, 0.6) is 5.75 Å². The molecule has 3 aromatic rings. The Morgan fingerprint density at radius 2 is 1.92 bits per heavy atom. The zero-order valence-electron chi connectivity index (χ0n) is 13.4. The number of ether oxygens (including phenoxy) is 1. The molecular weight excluding hydrogens is 386 g/mol. The molecule has 0 aliphatic heterocycles. The zero-order valence-corrected chi connectivity index (χ0v) is 15.0. The number of hydrogen-bond acceptors (Lipinski definition) is 3. The standard InChI is InChI=1S/C18H16BrN3O3/c1-11(25-13-6-4-5-12(19)9-13)17(23)21-22-18(24)15-10-20-16-8-3-2-7-14(15)16/h2-11,20H,1H3,(H,21,23)(H,22,24). The number of hydrogen-bond donors (Lipinski definition) is 3. The molecule has 1 aromatic heterocycles. The van der Waals surface area contributed by atoms with Gasteiger partial charge in [-0.15, -0.1) is 0 Å². The van der Waals surface area contributed by atoms with Gasteiger partial charge in [0.15, 0.2) is 6.10 Å². The van der Waals surface area contributed by atoms with Crippen LogP contribution in [-0.2, 0) is 4.79 Å². The van der Waals surface area contributed by atoms with Crippen molar-refractivity contribution in [2.24, 2.45) is 0 Å². The molecule has 0 saturated heterocycles. The van der Waals surface area contributed by atoms with Crippen LogP contribution in [0, 0.1) is 0 Å². The van der Waals surface area contributed by atoms with Crippen LogP contribution >= 0.6 is 15.9 Å². The van der Waals surface area contributed by atoms with E-state index < -0.39 is 17.9 Å². The molecule has 1 unspecified atom stereocenters. The van der Waals surface area contributed by atoms with Gasteiger partial charge in [0.2, 0.25) is 0 Å². The molecule has 0 bridgehead atoms. The lowest BCUT2D eigenvalue weighted by atomic mass is 10.2. The average molecular weight is 402 g/mol. The number of nitrogens with one attached hydrogen (secondary N) is 3. The van der Waals surface area contributed by atoms with E-state index in [9.17, 15) is 9.59 Å². The number of H-pyrrole nitrogens is 1. The molecule has 0 saturated carbocycles. The van der Waals surface area contributed by atoms with E-state index in [1.54, 1.807) is 25.3 Å². The normalized spacial score (nSPS) is 11.8. The summed E-state index contributed by atoms with van der Waals surface area (Å²) in [6.07, 6.45) is 0.839. The summed E-state index contributed by atoms with van der Waals surface area (Å²) in [4.78, 5) is 27.4. The fourth-order valence-corrected chi connectivity index (χ4v) is 2.72. The first-order valence-corrected chi connectivity index (χ1v) is 8.42. The predicted molar refractivity (Wildman–Crippen MR) is 98.1 cm³/mol. The van der Waals surface area contributed by atoms with Gasteiger partial charge in [-0.2, -0.15) is 0 Å². The highest BCUT2D eigenvalue weighted by Gasteiger charge is 2.17. The molecule has 1 heterocycles. The third-order valence-electron chi connectivity index (χ3n) is 3.61. The number of halogens is 1. The van der Waals surface area contributed by atoms with E-state index in [2.05, 4.69) is 31.8 Å². The van der Waals surface area contributed by atoms with E-state index in [1.165, 1.54) is 0 Å². The number of benzene rings is 2. The molecule has 0 fully saturated rings. The Morgan fingerprint density at radius 3 is 2.72 bits per heavy atom. The summed E-state index contributed by atoms with van der Waals surface area (Å²) in [5, 5.41) is 0.785. The monoisotopic (exact) mass is 401 g/mol. The highest BCUT2D eigenvalue weighted by atomic mass is 79.9. The Hall–Kier alpha value is -2.80. The van der Waals surface area contributed by atoms with Gasteiger partial charge in [-0.1, -0.05) is 40.2 Å². The van der Waals surface area contributed by atoms with Gasteiger partial charge in [0.1, 0.15) is 5.75 Å². The highest BCUT2D eigenvalue weighted by Crippen LogP contribution is 2.19. The summed E-state index contributed by atoms with van der Waals surface area (Å²) in [7, 11) is 0. The largest absolute Gasteiger partial charge is 0.481 e. The number of para-hydroxylation sites is 1. The third kappa shape index (κ3) is 4.00. The molecule has 1 atom stereocenters. The van der Waals surface area contributed by atoms with Crippen molar-refractivity contribution in [1.29, 1.82) is 0 Å². The predicted octanol–water partition coefficient (Wildman–Crippen LogP) is 3.16. The van der Waals surface area contributed by atoms with Crippen molar-refractivity contribution in [2.45, 2.75) is 13.0 Å². The van der Waals surface area contributed by atoms with Crippen LogP contribution in [0.25, 0.3) is 10.9 Å². The van der Waals surface area contributed by atoms with Crippen molar-refractivity contribution >= 4 is 38.6 Å². The van der Waals surface area contributed by atoms with Gasteiger partial charge < -0.3 is 9.72 Å². The minimum atomic E-state index is -0.766. The average Bonchev–Trinajstić information content (AvgIpc) is 3.03. The van der Waals surface area contributed by atoms with E-state index in [1.807, 2.05) is 36.4 Å². The van der Waals surface area contributed by atoms with Crippen molar-refractivity contribution < 1.29 is 14.3 Å². The first-order chi connectivity index (χ1) is 12.0. The van der Waals surface area contributed by atoms with Crippen LogP contribution in [0.1, 0.15) is 17.3 Å². The maximum Gasteiger partial charge on any atom is 0.279 e. The molecule has 0 aliphatic carbocycles. The van der Waals surface area contributed by atoms with Crippen LogP contribution in [0.2, 0.25) is 0 Å². The topological polar surface area (TPSA) is 83.2 Å². The van der Waals surface area contributed by atoms with Crippen molar-refractivity contribution in [1.82, 2.24) is 15.8 Å². The minimum absolute atomic E-state index is 0.402. The molecule has 0 radical (unpaired) electrons. The first kappa shape index (κ1) is 17.0. The maximum absolute atomic E-state index is 12.3. The van der Waals surface area contributed by atoms with Gasteiger partial charge >= 0.3 is 0 Å². The second-order valence-electron chi connectivity index (χ2n) is 5.41. The van der Waals surface area contributed by atoms with Crippen molar-refractivity contribution in [3.8, 4) is 5.75 Å². The van der Waals surface area contributed by atoms with E-state index in [-0.39, 0.29) is 0 Å². The maximum atomic E-state index is 12.3. The lowest BCUT2D eigenvalue weighted by Gasteiger charge is -2.15. The summed E-state index contributed by atoms with van der Waals surface area (Å²) in [5.74, 6) is -0.298. The van der Waals surface area contributed by atoms with Crippen LogP contribution < -0.4 is 15.6 Å². The van der Waals surface area contributed by atoms with Crippen LogP contribution in [0.3, 0.4) is 0 Å². The number of aromatic nitrogens is 1. The molecule has 2 amide bonds. The molecule has 0 aliphatic rings. The van der Waals surface area contributed by atoms with Gasteiger partial charge in [-0.3, -0.25) is 20.4 Å². The fourth-order valence-electron chi connectivity index (χ4n) is 2.34. The van der Waals surface area contributed by atoms with Gasteiger partial charge in [0, 0.05) is 21.6 Å². The quantitative estimate of drug-likeness (QED) is 0.587. The van der Waals surface area contributed by atoms with E-state index in [4.69, 9.17) is 4.74 Å². The molecular formula is C18H16BrN3O3. The second-order valence-corrected chi connectivity index (χ2v) is 6.32. The number of carbonyl (C=O) groups is 2. The smallest absolute Gasteiger partial charge is 0.279 e. The van der Waals surface area contributed by atoms with E-state index in [0.29, 0.717) is 11.3 Å². The highest BCUT2D eigenvalue weighted by molar-refractivity contribution is 9.10. The summed E-state index contributed by atoms with van der Waals surface area (Å²) in [6.45, 7) is 1.61. The van der Waals surface area contributed by atoms with Crippen LogP contribution in [0.4, 0.5) is 0 Å². The Labute approximate surface area is 152 Å². The van der Waals surface area contributed by atoms with Crippen molar-refractivity contribution in [2.75, 3.05) is 0 Å². The summed E-state index contributed by atoms with van der Waals surface area (Å²) in [5.41, 5.74) is 6.10. The molecule has 7 heteroatoms. The number of carbonyl (C=O) groups excluding carboxylic acids is 2. The lowest BCUT2D eigenvalue weighted by Crippen LogP contribution is -2.47. The molecule has 128 valence electrons. The lowest BCUT2D eigenvalue weighted by molar-refractivity contribution is -0.128. The van der Waals surface area contributed by atoms with Crippen molar-refractivity contribution in [3.63, 3.8) is 0 Å².